The molecule has 2 rings (SSSR count). The van der Waals surface area contributed by atoms with E-state index in [4.69, 9.17) is 0 Å². The van der Waals surface area contributed by atoms with Crippen LogP contribution in [0.1, 0.15) is 16.7 Å². The van der Waals surface area contributed by atoms with Gasteiger partial charge in [-0.05, 0) is 42.7 Å². The molecule has 0 aliphatic rings. The van der Waals surface area contributed by atoms with E-state index in [2.05, 4.69) is 5.32 Å². The van der Waals surface area contributed by atoms with Gasteiger partial charge >= 0.3 is 0 Å². The Kier molecular flexibility index (Phi) is 5.93. The van der Waals surface area contributed by atoms with Gasteiger partial charge < -0.3 is 10.2 Å². The fourth-order valence-electron chi connectivity index (χ4n) is 2.66. The van der Waals surface area contributed by atoms with Crippen LogP contribution in [0, 0.1) is 35.3 Å². The molecule has 0 aliphatic carbocycles. The minimum absolute atomic E-state index is 0.0961. The Hall–Kier alpha value is -3.66. The molecule has 0 atom stereocenters. The van der Waals surface area contributed by atoms with E-state index in [0.29, 0.717) is 16.9 Å². The van der Waals surface area contributed by atoms with Gasteiger partial charge in [0, 0.05) is 25.8 Å². The summed E-state index contributed by atoms with van der Waals surface area (Å²) in [6.45, 7) is 3.73. The smallest absolute Gasteiger partial charge is 0.293 e. The van der Waals surface area contributed by atoms with Crippen molar-refractivity contribution in [3.63, 3.8) is 0 Å². The molecule has 0 aliphatic heterocycles. The molecule has 0 fully saturated rings. The predicted octanol–water partition coefficient (Wildman–Crippen LogP) is 3.82. The van der Waals surface area contributed by atoms with Crippen molar-refractivity contribution >= 4 is 29.0 Å². The van der Waals surface area contributed by atoms with Crippen LogP contribution < -0.4 is 10.2 Å². The normalized spacial score (nSPS) is 10.9. The van der Waals surface area contributed by atoms with Gasteiger partial charge in [0.1, 0.15) is 17.3 Å². The first-order valence-corrected chi connectivity index (χ1v) is 8.19. The molecule has 1 N–H and O–H groups in total. The van der Waals surface area contributed by atoms with Crippen LogP contribution in [0.15, 0.2) is 42.0 Å². The maximum atomic E-state index is 12.5. The highest BCUT2D eigenvalue weighted by molar-refractivity contribution is 6.10. The fraction of sp³-hybridized carbons (Fsp3) is 0.200. The third-order valence-corrected chi connectivity index (χ3v) is 4.07. The van der Waals surface area contributed by atoms with Gasteiger partial charge in [-0.3, -0.25) is 14.9 Å². The van der Waals surface area contributed by atoms with E-state index in [1.54, 1.807) is 31.1 Å². The number of benzene rings is 2. The molecule has 2 aromatic rings. The lowest BCUT2D eigenvalue weighted by Gasteiger charge is -2.13. The lowest BCUT2D eigenvalue weighted by molar-refractivity contribution is -0.384. The van der Waals surface area contributed by atoms with Crippen molar-refractivity contribution in [3.05, 3.63) is 68.8 Å². The van der Waals surface area contributed by atoms with Crippen LogP contribution in [0.25, 0.3) is 6.08 Å². The number of para-hydroxylation sites is 1. The second-order valence-corrected chi connectivity index (χ2v) is 6.29. The van der Waals surface area contributed by atoms with Crippen LogP contribution in [0.4, 0.5) is 17.1 Å². The third kappa shape index (κ3) is 4.50. The van der Waals surface area contributed by atoms with Crippen molar-refractivity contribution in [2.24, 2.45) is 0 Å². The topological polar surface area (TPSA) is 99.3 Å². The number of nitriles is 1. The number of nitrogens with one attached hydrogen (secondary N) is 1. The molecular formula is C20H20N4O3. The summed E-state index contributed by atoms with van der Waals surface area (Å²) < 4.78 is 0. The summed E-state index contributed by atoms with van der Waals surface area (Å²) in [6.07, 6.45) is 1.34. The maximum absolute atomic E-state index is 12.5. The van der Waals surface area contributed by atoms with Gasteiger partial charge in [-0.25, -0.2) is 0 Å². The van der Waals surface area contributed by atoms with Crippen LogP contribution in [-0.4, -0.2) is 24.9 Å². The van der Waals surface area contributed by atoms with E-state index < -0.39 is 10.8 Å². The molecule has 1 amide bonds. The van der Waals surface area contributed by atoms with E-state index in [1.165, 1.54) is 12.1 Å². The molecule has 0 radical (unpaired) electrons. The summed E-state index contributed by atoms with van der Waals surface area (Å²) >= 11 is 0. The van der Waals surface area contributed by atoms with Gasteiger partial charge in [-0.1, -0.05) is 24.3 Å². The van der Waals surface area contributed by atoms with Crippen LogP contribution >= 0.6 is 0 Å². The molecule has 0 saturated heterocycles. The summed E-state index contributed by atoms with van der Waals surface area (Å²) in [5.41, 5.74) is 3.03. The quantitative estimate of drug-likeness (QED) is 0.376. The largest absolute Gasteiger partial charge is 0.372 e. The fourth-order valence-corrected chi connectivity index (χ4v) is 2.66. The first kappa shape index (κ1) is 19.7. The Labute approximate surface area is 157 Å². The molecule has 0 saturated carbocycles. The number of carbonyl (C=O) groups excluding carboxylic acids is 1. The molecule has 2 aromatic carbocycles. The van der Waals surface area contributed by atoms with Crippen molar-refractivity contribution in [2.75, 3.05) is 24.3 Å². The van der Waals surface area contributed by atoms with Gasteiger partial charge in [0.25, 0.3) is 11.6 Å². The third-order valence-electron chi connectivity index (χ3n) is 4.07. The molecule has 0 bridgehead atoms. The van der Waals surface area contributed by atoms with E-state index in [9.17, 15) is 20.2 Å². The van der Waals surface area contributed by atoms with Crippen molar-refractivity contribution < 1.29 is 9.72 Å². The number of aryl methyl sites for hydroxylation is 2. The second kappa shape index (κ2) is 8.15. The number of nitrogens with zero attached hydrogens (tertiary/aromatic N) is 3. The van der Waals surface area contributed by atoms with E-state index in [0.717, 1.165) is 11.1 Å². The summed E-state index contributed by atoms with van der Waals surface area (Å²) in [7, 11) is 3.41. The van der Waals surface area contributed by atoms with Gasteiger partial charge in [-0.15, -0.1) is 0 Å². The van der Waals surface area contributed by atoms with Crippen molar-refractivity contribution in [2.45, 2.75) is 13.8 Å². The average molecular weight is 364 g/mol. The minimum atomic E-state index is -0.561. The predicted molar refractivity (Wildman–Crippen MR) is 106 cm³/mol. The number of rotatable bonds is 5. The van der Waals surface area contributed by atoms with Crippen LogP contribution in [-0.2, 0) is 4.79 Å². The van der Waals surface area contributed by atoms with E-state index in [1.807, 2.05) is 38.1 Å². The molecular weight excluding hydrogens is 344 g/mol. The molecule has 7 heteroatoms. The highest BCUT2D eigenvalue weighted by Gasteiger charge is 2.17. The van der Waals surface area contributed by atoms with Gasteiger partial charge in [0.2, 0.25) is 0 Å². The standard InChI is InChI=1S/C20H20N4O3/c1-13-6-5-7-14(2)19(13)22-20(25)16(12-21)10-15-8-9-17(23(3)4)18(11-15)24(26)27/h5-11H,1-4H3,(H,22,25)/b16-10+. The Morgan fingerprint density at radius 2 is 1.85 bits per heavy atom. The first-order valence-electron chi connectivity index (χ1n) is 8.19. The lowest BCUT2D eigenvalue weighted by atomic mass is 10.1. The maximum Gasteiger partial charge on any atom is 0.293 e. The zero-order valence-corrected chi connectivity index (χ0v) is 15.6. The number of amides is 1. The number of carbonyl (C=O) groups is 1. The minimum Gasteiger partial charge on any atom is -0.372 e. The average Bonchev–Trinajstić information content (AvgIpc) is 2.62. The van der Waals surface area contributed by atoms with Crippen molar-refractivity contribution in [3.8, 4) is 6.07 Å². The Morgan fingerprint density at radius 3 is 2.37 bits per heavy atom. The van der Waals surface area contributed by atoms with Crippen molar-refractivity contribution in [1.29, 1.82) is 5.26 Å². The van der Waals surface area contributed by atoms with Crippen molar-refractivity contribution in [1.82, 2.24) is 0 Å². The van der Waals surface area contributed by atoms with E-state index >= 15 is 0 Å². The molecule has 0 heterocycles. The summed E-state index contributed by atoms with van der Waals surface area (Å²) in [6, 6.07) is 12.0. The van der Waals surface area contributed by atoms with Crippen LogP contribution in [0.5, 0.6) is 0 Å². The molecule has 0 spiro atoms. The summed E-state index contributed by atoms with van der Waals surface area (Å²) in [5, 5.41) is 23.4. The lowest BCUT2D eigenvalue weighted by Crippen LogP contribution is -2.15. The SMILES string of the molecule is Cc1cccc(C)c1NC(=O)/C(C#N)=C/c1ccc(N(C)C)c([N+](=O)[O-])c1. The summed E-state index contributed by atoms with van der Waals surface area (Å²) in [4.78, 5) is 24.9. The highest BCUT2D eigenvalue weighted by Crippen LogP contribution is 2.28. The number of nitro benzene ring substituents is 1. The Bertz CT molecular complexity index is 951. The highest BCUT2D eigenvalue weighted by atomic mass is 16.6. The zero-order chi connectivity index (χ0) is 20.1. The number of hydrogen-bond donors (Lipinski definition) is 1. The van der Waals surface area contributed by atoms with Crippen LogP contribution in [0.2, 0.25) is 0 Å². The van der Waals surface area contributed by atoms with Gasteiger partial charge in [0.15, 0.2) is 0 Å². The number of nitro groups is 1. The molecule has 138 valence electrons. The number of anilines is 2. The van der Waals surface area contributed by atoms with E-state index in [-0.39, 0.29) is 11.3 Å². The van der Waals surface area contributed by atoms with Gasteiger partial charge in [0.05, 0.1) is 4.92 Å². The monoisotopic (exact) mass is 364 g/mol. The van der Waals surface area contributed by atoms with Crippen LogP contribution in [0.3, 0.4) is 0 Å². The summed E-state index contributed by atoms with van der Waals surface area (Å²) in [5.74, 6) is -0.561. The molecule has 27 heavy (non-hydrogen) atoms. The first-order chi connectivity index (χ1) is 12.7. The number of hydrogen-bond acceptors (Lipinski definition) is 5. The molecule has 0 aromatic heterocycles. The second-order valence-electron chi connectivity index (χ2n) is 6.29. The Balaban J connectivity index is 2.38. The zero-order valence-electron chi connectivity index (χ0n) is 15.6. The Morgan fingerprint density at radius 1 is 1.22 bits per heavy atom. The van der Waals surface area contributed by atoms with Gasteiger partial charge in [-0.2, -0.15) is 5.26 Å². The molecule has 0 unspecified atom stereocenters. The molecule has 7 nitrogen and oxygen atoms in total.